The molecule has 2 aromatic carbocycles. The average Bonchev–Trinajstić information content (AvgIpc) is 3.41. The van der Waals surface area contributed by atoms with Crippen molar-refractivity contribution in [2.45, 2.75) is 38.6 Å². The van der Waals surface area contributed by atoms with Crippen LogP contribution in [0.2, 0.25) is 0 Å². The first-order valence-corrected chi connectivity index (χ1v) is 12.0. The maximum Gasteiger partial charge on any atom is 0.367 e. The minimum atomic E-state index is -1.45. The molecule has 1 aliphatic rings. The van der Waals surface area contributed by atoms with E-state index in [1.165, 1.54) is 0 Å². The Hall–Kier alpha value is -3.03. The lowest BCUT2D eigenvalue weighted by Crippen LogP contribution is -2.47. The van der Waals surface area contributed by atoms with Gasteiger partial charge < -0.3 is 15.2 Å². The molecular weight excluding hydrogens is 436 g/mol. The molecule has 0 bridgehead atoms. The number of benzene rings is 2. The monoisotopic (exact) mass is 464 g/mol. The number of carbonyl (C=O) groups excluding carboxylic acids is 2. The molecular formula is C26H28N2O4S. The summed E-state index contributed by atoms with van der Waals surface area (Å²) in [5.41, 5.74) is 10.1. The summed E-state index contributed by atoms with van der Waals surface area (Å²) in [6, 6.07) is 16.4. The lowest BCUT2D eigenvalue weighted by atomic mass is 9.87. The van der Waals surface area contributed by atoms with Crippen molar-refractivity contribution in [1.29, 1.82) is 0 Å². The van der Waals surface area contributed by atoms with E-state index < -0.39 is 17.5 Å². The highest BCUT2D eigenvalue weighted by Gasteiger charge is 2.42. The Morgan fingerprint density at radius 3 is 2.24 bits per heavy atom. The Morgan fingerprint density at radius 1 is 1.06 bits per heavy atom. The maximum absolute atomic E-state index is 13.4. The van der Waals surface area contributed by atoms with Crippen molar-refractivity contribution in [3.8, 4) is 11.1 Å². The molecule has 0 unspecified atom stereocenters. The number of thiazole rings is 1. The van der Waals surface area contributed by atoms with Crippen molar-refractivity contribution in [1.82, 2.24) is 4.98 Å². The Bertz CT molecular complexity index is 1130. The quantitative estimate of drug-likeness (QED) is 0.478. The maximum atomic E-state index is 13.4. The lowest BCUT2D eigenvalue weighted by molar-refractivity contribution is -0.151. The van der Waals surface area contributed by atoms with Gasteiger partial charge in [0.05, 0.1) is 12.3 Å². The lowest BCUT2D eigenvalue weighted by Gasteiger charge is -2.28. The normalized spacial score (nSPS) is 14.5. The number of rotatable bonds is 8. The van der Waals surface area contributed by atoms with Crippen LogP contribution in [0.5, 0.6) is 0 Å². The molecule has 1 aliphatic carbocycles. The number of esters is 2. The van der Waals surface area contributed by atoms with Gasteiger partial charge in [0.25, 0.3) is 0 Å². The van der Waals surface area contributed by atoms with Gasteiger partial charge in [0.1, 0.15) is 6.61 Å². The molecule has 1 heterocycles. The van der Waals surface area contributed by atoms with Crippen LogP contribution in [0.3, 0.4) is 0 Å². The van der Waals surface area contributed by atoms with Gasteiger partial charge in [-0.25, -0.2) is 14.6 Å². The molecule has 1 atom stereocenters. The van der Waals surface area contributed by atoms with Gasteiger partial charge in [-0.05, 0) is 41.5 Å². The standard InChI is InChI=1S/C26H28N2O4S/c1-4-31-24(29)23-28-22(15-33-23)26(27,13-16(2)3)25(30)32-14-21-19-11-7-5-9-17(19)18-10-6-8-12-20(18)21/h5-12,15-16,21H,4,13-14,27H2,1-3H3/t26-/m0/s1. The fourth-order valence-electron chi connectivity index (χ4n) is 4.43. The molecule has 0 aliphatic heterocycles. The smallest absolute Gasteiger partial charge is 0.367 e. The Morgan fingerprint density at radius 2 is 1.67 bits per heavy atom. The third kappa shape index (κ3) is 4.43. The van der Waals surface area contributed by atoms with E-state index in [1.807, 2.05) is 38.1 Å². The first kappa shape index (κ1) is 23.1. The third-order valence-corrected chi connectivity index (χ3v) is 6.67. The summed E-state index contributed by atoms with van der Waals surface area (Å²) in [6.45, 7) is 6.13. The number of ether oxygens (including phenoxy) is 2. The Balaban J connectivity index is 1.58. The summed E-state index contributed by atoms with van der Waals surface area (Å²) in [5.74, 6) is -1.01. The molecule has 6 nitrogen and oxygen atoms in total. The van der Waals surface area contributed by atoms with Crippen molar-refractivity contribution >= 4 is 23.3 Å². The van der Waals surface area contributed by atoms with Gasteiger partial charge in [0, 0.05) is 11.3 Å². The van der Waals surface area contributed by atoms with E-state index in [0.717, 1.165) is 33.6 Å². The zero-order chi connectivity index (χ0) is 23.6. The van der Waals surface area contributed by atoms with Crippen LogP contribution in [0.4, 0.5) is 0 Å². The van der Waals surface area contributed by atoms with E-state index in [4.69, 9.17) is 15.2 Å². The van der Waals surface area contributed by atoms with Crippen LogP contribution in [0.1, 0.15) is 59.7 Å². The van der Waals surface area contributed by atoms with Crippen LogP contribution >= 0.6 is 11.3 Å². The number of hydrogen-bond donors (Lipinski definition) is 1. The molecule has 7 heteroatoms. The van der Waals surface area contributed by atoms with E-state index in [0.29, 0.717) is 12.1 Å². The highest BCUT2D eigenvalue weighted by atomic mass is 32.1. The van der Waals surface area contributed by atoms with E-state index in [-0.39, 0.29) is 30.1 Å². The number of nitrogens with zero attached hydrogens (tertiary/aromatic N) is 1. The zero-order valence-corrected chi connectivity index (χ0v) is 19.9. The largest absolute Gasteiger partial charge is 0.463 e. The molecule has 0 radical (unpaired) electrons. The van der Waals surface area contributed by atoms with E-state index >= 15 is 0 Å². The van der Waals surface area contributed by atoms with Crippen LogP contribution in [0.15, 0.2) is 53.9 Å². The van der Waals surface area contributed by atoms with Gasteiger partial charge in [-0.15, -0.1) is 11.3 Å². The second-order valence-corrected chi connectivity index (χ2v) is 9.51. The number of carbonyl (C=O) groups is 2. The second-order valence-electron chi connectivity index (χ2n) is 8.65. The number of hydrogen-bond acceptors (Lipinski definition) is 7. The number of aromatic nitrogens is 1. The van der Waals surface area contributed by atoms with Crippen molar-refractivity contribution in [2.24, 2.45) is 11.7 Å². The van der Waals surface area contributed by atoms with Crippen molar-refractivity contribution in [3.05, 3.63) is 75.7 Å². The summed E-state index contributed by atoms with van der Waals surface area (Å²) in [4.78, 5) is 29.8. The molecule has 0 saturated carbocycles. The fraction of sp³-hybridized carbons (Fsp3) is 0.346. The van der Waals surface area contributed by atoms with E-state index in [2.05, 4.69) is 29.2 Å². The Labute approximate surface area is 197 Å². The van der Waals surface area contributed by atoms with E-state index in [9.17, 15) is 9.59 Å². The molecule has 4 rings (SSSR count). The van der Waals surface area contributed by atoms with E-state index in [1.54, 1.807) is 12.3 Å². The van der Waals surface area contributed by atoms with Gasteiger partial charge in [0.2, 0.25) is 5.01 Å². The predicted molar refractivity (Wildman–Crippen MR) is 128 cm³/mol. The number of fused-ring (bicyclic) bond motifs is 3. The van der Waals surface area contributed by atoms with Gasteiger partial charge in [-0.2, -0.15) is 0 Å². The van der Waals surface area contributed by atoms with Gasteiger partial charge >= 0.3 is 11.9 Å². The molecule has 0 amide bonds. The topological polar surface area (TPSA) is 91.5 Å². The molecule has 0 saturated heterocycles. The molecule has 172 valence electrons. The van der Waals surface area contributed by atoms with Crippen molar-refractivity contribution < 1.29 is 19.1 Å². The minimum absolute atomic E-state index is 0.0600. The van der Waals surface area contributed by atoms with Gasteiger partial charge in [-0.1, -0.05) is 62.4 Å². The van der Waals surface area contributed by atoms with Crippen LogP contribution in [0.25, 0.3) is 11.1 Å². The van der Waals surface area contributed by atoms with Crippen molar-refractivity contribution in [2.75, 3.05) is 13.2 Å². The SMILES string of the molecule is CCOC(=O)c1nc([C@@](N)(CC(C)C)C(=O)OCC2c3ccccc3-c3ccccc32)cs1. The van der Waals surface area contributed by atoms with Crippen LogP contribution in [-0.2, 0) is 19.8 Å². The third-order valence-electron chi connectivity index (χ3n) is 5.85. The predicted octanol–water partition coefficient (Wildman–Crippen LogP) is 4.88. The van der Waals surface area contributed by atoms with Crippen molar-refractivity contribution in [3.63, 3.8) is 0 Å². The summed E-state index contributed by atoms with van der Waals surface area (Å²) in [5, 5.41) is 1.83. The first-order chi connectivity index (χ1) is 15.8. The highest BCUT2D eigenvalue weighted by Crippen LogP contribution is 2.44. The molecule has 0 spiro atoms. The second kappa shape index (κ2) is 9.45. The summed E-state index contributed by atoms with van der Waals surface area (Å²) >= 11 is 1.12. The van der Waals surface area contributed by atoms with Crippen LogP contribution in [0, 0.1) is 5.92 Å². The highest BCUT2D eigenvalue weighted by molar-refractivity contribution is 7.11. The fourth-order valence-corrected chi connectivity index (χ4v) is 5.22. The first-order valence-electron chi connectivity index (χ1n) is 11.1. The molecule has 3 aromatic rings. The summed E-state index contributed by atoms with van der Waals surface area (Å²) in [7, 11) is 0. The van der Waals surface area contributed by atoms with Crippen LogP contribution < -0.4 is 5.73 Å². The summed E-state index contributed by atoms with van der Waals surface area (Å²) in [6.07, 6.45) is 0.343. The molecule has 1 aromatic heterocycles. The molecule has 33 heavy (non-hydrogen) atoms. The zero-order valence-electron chi connectivity index (χ0n) is 19.0. The average molecular weight is 465 g/mol. The molecule has 0 fully saturated rings. The van der Waals surface area contributed by atoms with Gasteiger partial charge in [0.15, 0.2) is 5.54 Å². The molecule has 2 N–H and O–H groups in total. The van der Waals surface area contributed by atoms with Gasteiger partial charge in [-0.3, -0.25) is 0 Å². The van der Waals surface area contributed by atoms with Crippen LogP contribution in [-0.4, -0.2) is 30.1 Å². The Kier molecular flexibility index (Phi) is 6.63. The summed E-state index contributed by atoms with van der Waals surface area (Å²) < 4.78 is 10.9. The minimum Gasteiger partial charge on any atom is -0.463 e. The number of nitrogens with two attached hydrogens (primary N) is 1.